The van der Waals surface area contributed by atoms with Crippen LogP contribution in [0.25, 0.3) is 0 Å². The predicted molar refractivity (Wildman–Crippen MR) is 83.9 cm³/mol. The van der Waals surface area contributed by atoms with E-state index < -0.39 is 0 Å². The lowest BCUT2D eigenvalue weighted by Crippen LogP contribution is -2.51. The van der Waals surface area contributed by atoms with Crippen LogP contribution in [-0.4, -0.2) is 6.04 Å². The smallest absolute Gasteiger partial charge is 0.00985 e. The zero-order valence-electron chi connectivity index (χ0n) is 13.6. The van der Waals surface area contributed by atoms with Gasteiger partial charge in [0.25, 0.3) is 0 Å². The van der Waals surface area contributed by atoms with Gasteiger partial charge in [-0.2, -0.15) is 0 Å². The van der Waals surface area contributed by atoms with Gasteiger partial charge in [-0.25, -0.2) is 0 Å². The monoisotopic (exact) mass is 265 g/mol. The third-order valence-electron chi connectivity index (χ3n) is 6.38. The van der Waals surface area contributed by atoms with Crippen LogP contribution in [-0.2, 0) is 0 Å². The minimum atomic E-state index is 0.457. The van der Waals surface area contributed by atoms with Crippen molar-refractivity contribution in [2.45, 2.75) is 78.7 Å². The molecule has 1 nitrogen and oxygen atoms in total. The Morgan fingerprint density at radius 3 is 2.26 bits per heavy atom. The van der Waals surface area contributed by atoms with Gasteiger partial charge in [0.05, 0.1) is 0 Å². The van der Waals surface area contributed by atoms with Gasteiger partial charge in [0.1, 0.15) is 0 Å². The first-order valence-electron chi connectivity index (χ1n) is 8.81. The SMILES string of the molecule is CCC1CC(C2CCCCC2)C(N)C(C)C1C(C)C. The predicted octanol–water partition coefficient (Wildman–Crippen LogP) is 4.85. The van der Waals surface area contributed by atoms with Crippen molar-refractivity contribution >= 4 is 0 Å². The second-order valence-corrected chi connectivity index (χ2v) is 7.72. The van der Waals surface area contributed by atoms with Gasteiger partial charge in [0.15, 0.2) is 0 Å². The summed E-state index contributed by atoms with van der Waals surface area (Å²) in [7, 11) is 0. The molecule has 1 heteroatoms. The number of nitrogens with two attached hydrogens (primary N) is 1. The summed E-state index contributed by atoms with van der Waals surface area (Å²) in [5, 5.41) is 0. The molecule has 5 atom stereocenters. The standard InChI is InChI=1S/C18H35N/c1-5-14-11-16(15-9-7-6-8-10-15)18(19)13(4)17(14)12(2)3/h12-18H,5-11,19H2,1-4H3. The lowest BCUT2D eigenvalue weighted by Gasteiger charge is -2.49. The Bertz CT molecular complexity index is 265. The molecule has 0 spiro atoms. The maximum atomic E-state index is 6.70. The molecule has 112 valence electrons. The molecule has 2 fully saturated rings. The van der Waals surface area contributed by atoms with Gasteiger partial charge in [0.2, 0.25) is 0 Å². The zero-order valence-corrected chi connectivity index (χ0v) is 13.6. The fraction of sp³-hybridized carbons (Fsp3) is 1.00. The first-order valence-corrected chi connectivity index (χ1v) is 8.81. The molecule has 0 amide bonds. The average molecular weight is 265 g/mol. The van der Waals surface area contributed by atoms with Crippen LogP contribution in [0.4, 0.5) is 0 Å². The van der Waals surface area contributed by atoms with E-state index in [4.69, 9.17) is 5.73 Å². The van der Waals surface area contributed by atoms with E-state index in [-0.39, 0.29) is 0 Å². The highest BCUT2D eigenvalue weighted by atomic mass is 14.7. The average Bonchev–Trinajstić information content (AvgIpc) is 2.42. The summed E-state index contributed by atoms with van der Waals surface area (Å²) < 4.78 is 0. The summed E-state index contributed by atoms with van der Waals surface area (Å²) in [5.74, 6) is 5.02. The molecule has 5 unspecified atom stereocenters. The summed E-state index contributed by atoms with van der Waals surface area (Å²) in [6, 6.07) is 0.457. The third kappa shape index (κ3) is 3.17. The maximum absolute atomic E-state index is 6.70. The molecular weight excluding hydrogens is 230 g/mol. The van der Waals surface area contributed by atoms with Gasteiger partial charge in [-0.1, -0.05) is 66.2 Å². The van der Waals surface area contributed by atoms with Crippen LogP contribution in [0.3, 0.4) is 0 Å². The Kier molecular flexibility index (Phi) is 5.34. The van der Waals surface area contributed by atoms with Gasteiger partial charge >= 0.3 is 0 Å². The Labute approximate surface area is 120 Å². The fourth-order valence-corrected chi connectivity index (χ4v) is 5.40. The van der Waals surface area contributed by atoms with Crippen LogP contribution in [0, 0.1) is 35.5 Å². The van der Waals surface area contributed by atoms with Crippen molar-refractivity contribution in [1.29, 1.82) is 0 Å². The summed E-state index contributed by atoms with van der Waals surface area (Å²) in [6.07, 6.45) is 10.0. The van der Waals surface area contributed by atoms with Crippen molar-refractivity contribution in [3.05, 3.63) is 0 Å². The zero-order chi connectivity index (χ0) is 14.0. The van der Waals surface area contributed by atoms with Crippen molar-refractivity contribution in [1.82, 2.24) is 0 Å². The molecule has 0 aromatic rings. The summed E-state index contributed by atoms with van der Waals surface area (Å²) >= 11 is 0. The van der Waals surface area contributed by atoms with Crippen LogP contribution in [0.2, 0.25) is 0 Å². The molecule has 0 aromatic carbocycles. The van der Waals surface area contributed by atoms with Gasteiger partial charge in [0, 0.05) is 6.04 Å². The van der Waals surface area contributed by atoms with Gasteiger partial charge < -0.3 is 5.73 Å². The molecule has 2 aliphatic carbocycles. The first-order chi connectivity index (χ1) is 9.06. The lowest BCUT2D eigenvalue weighted by atomic mass is 9.58. The Morgan fingerprint density at radius 2 is 1.74 bits per heavy atom. The minimum Gasteiger partial charge on any atom is -0.327 e. The molecule has 2 saturated carbocycles. The van der Waals surface area contributed by atoms with Crippen molar-refractivity contribution in [2.24, 2.45) is 41.2 Å². The van der Waals surface area contributed by atoms with Gasteiger partial charge in [-0.3, -0.25) is 0 Å². The minimum absolute atomic E-state index is 0.457. The first kappa shape index (κ1) is 15.4. The second-order valence-electron chi connectivity index (χ2n) is 7.72. The molecule has 0 bridgehead atoms. The third-order valence-corrected chi connectivity index (χ3v) is 6.38. The lowest BCUT2D eigenvalue weighted by molar-refractivity contribution is 0.0222. The number of hydrogen-bond donors (Lipinski definition) is 1. The van der Waals surface area contributed by atoms with E-state index in [0.29, 0.717) is 12.0 Å². The largest absolute Gasteiger partial charge is 0.327 e. The van der Waals surface area contributed by atoms with E-state index in [1.54, 1.807) is 0 Å². The van der Waals surface area contributed by atoms with E-state index >= 15 is 0 Å². The molecule has 0 aromatic heterocycles. The molecule has 0 saturated heterocycles. The Morgan fingerprint density at radius 1 is 1.11 bits per heavy atom. The van der Waals surface area contributed by atoms with Gasteiger partial charge in [-0.05, 0) is 41.9 Å². The quantitative estimate of drug-likeness (QED) is 0.775. The second kappa shape index (κ2) is 6.61. The van der Waals surface area contributed by atoms with Crippen LogP contribution in [0.5, 0.6) is 0 Å². The Hall–Kier alpha value is -0.0400. The van der Waals surface area contributed by atoms with Crippen molar-refractivity contribution < 1.29 is 0 Å². The molecule has 2 aliphatic rings. The normalized spacial score (nSPS) is 41.7. The van der Waals surface area contributed by atoms with Crippen LogP contribution in [0.1, 0.15) is 72.6 Å². The highest BCUT2D eigenvalue weighted by Gasteiger charge is 2.43. The summed E-state index contributed by atoms with van der Waals surface area (Å²) in [6.45, 7) is 9.63. The van der Waals surface area contributed by atoms with E-state index in [2.05, 4.69) is 27.7 Å². The number of hydrogen-bond acceptors (Lipinski definition) is 1. The fourth-order valence-electron chi connectivity index (χ4n) is 5.40. The highest BCUT2D eigenvalue weighted by Crippen LogP contribution is 2.47. The van der Waals surface area contributed by atoms with Crippen molar-refractivity contribution in [3.8, 4) is 0 Å². The van der Waals surface area contributed by atoms with Crippen LogP contribution in [0.15, 0.2) is 0 Å². The molecule has 2 rings (SSSR count). The highest BCUT2D eigenvalue weighted by molar-refractivity contribution is 4.95. The molecule has 19 heavy (non-hydrogen) atoms. The maximum Gasteiger partial charge on any atom is 0.00985 e. The topological polar surface area (TPSA) is 26.0 Å². The molecule has 2 N–H and O–H groups in total. The Balaban J connectivity index is 2.10. The van der Waals surface area contributed by atoms with E-state index in [9.17, 15) is 0 Å². The summed E-state index contributed by atoms with van der Waals surface area (Å²) in [4.78, 5) is 0. The van der Waals surface area contributed by atoms with Crippen molar-refractivity contribution in [2.75, 3.05) is 0 Å². The van der Waals surface area contributed by atoms with Crippen LogP contribution < -0.4 is 5.73 Å². The number of rotatable bonds is 3. The van der Waals surface area contributed by atoms with E-state index in [0.717, 1.165) is 29.6 Å². The van der Waals surface area contributed by atoms with Crippen LogP contribution >= 0.6 is 0 Å². The summed E-state index contributed by atoms with van der Waals surface area (Å²) in [5.41, 5.74) is 6.70. The molecule has 0 aliphatic heterocycles. The molecular formula is C18H35N. The molecule has 0 radical (unpaired) electrons. The molecule has 0 heterocycles. The van der Waals surface area contributed by atoms with Gasteiger partial charge in [-0.15, -0.1) is 0 Å². The van der Waals surface area contributed by atoms with Crippen molar-refractivity contribution in [3.63, 3.8) is 0 Å². The van der Waals surface area contributed by atoms with E-state index in [1.165, 1.54) is 44.9 Å². The van der Waals surface area contributed by atoms with E-state index in [1.807, 2.05) is 0 Å².